The fraction of sp³-hybridized carbons (Fsp3) is 0. The Morgan fingerprint density at radius 2 is 2.05 bits per heavy atom. The molecular weight excluding hydrogens is 258 g/mol. The van der Waals surface area contributed by atoms with Gasteiger partial charge in [0, 0.05) is 11.5 Å². The van der Waals surface area contributed by atoms with Crippen LogP contribution >= 0.6 is 11.5 Å². The Hall–Kier alpha value is -2.58. The molecule has 0 saturated heterocycles. The summed E-state index contributed by atoms with van der Waals surface area (Å²) in [5.74, 6) is 0.536. The maximum atomic E-state index is 8.80. The number of rotatable bonds is 2. The van der Waals surface area contributed by atoms with Crippen LogP contribution in [-0.2, 0) is 0 Å². The summed E-state index contributed by atoms with van der Waals surface area (Å²) in [6, 6.07) is 14.8. The van der Waals surface area contributed by atoms with E-state index in [4.69, 9.17) is 15.7 Å². The molecule has 3 aromatic rings. The highest BCUT2D eigenvalue weighted by Gasteiger charge is 2.09. The summed E-state index contributed by atoms with van der Waals surface area (Å²) in [5.41, 5.74) is 7.72. The molecule has 0 atom stereocenters. The molecule has 0 bridgehead atoms. The minimum Gasteiger partial charge on any atom is -0.442 e. The number of nitriles is 1. The van der Waals surface area contributed by atoms with Crippen LogP contribution in [0, 0.1) is 11.3 Å². The van der Waals surface area contributed by atoms with E-state index < -0.39 is 0 Å². The van der Waals surface area contributed by atoms with Gasteiger partial charge in [0.1, 0.15) is 0 Å². The number of nitrogens with two attached hydrogens (primary N) is 1. The third-order valence-corrected chi connectivity index (χ3v) is 3.45. The molecule has 0 aliphatic carbocycles. The standard InChI is InChI=1S/C14H9N3OS/c15-8-9-5-6-13(11(16)7-9)18-14-10-3-1-2-4-12(10)17-19-14/h1-7H,16H2. The molecule has 19 heavy (non-hydrogen) atoms. The second kappa shape index (κ2) is 4.59. The van der Waals surface area contributed by atoms with Gasteiger partial charge < -0.3 is 10.5 Å². The largest absolute Gasteiger partial charge is 0.442 e. The maximum absolute atomic E-state index is 8.80. The van der Waals surface area contributed by atoms with E-state index in [-0.39, 0.29) is 0 Å². The fourth-order valence-electron chi connectivity index (χ4n) is 1.75. The highest BCUT2D eigenvalue weighted by Crippen LogP contribution is 2.36. The topological polar surface area (TPSA) is 71.9 Å². The normalized spacial score (nSPS) is 10.3. The van der Waals surface area contributed by atoms with Gasteiger partial charge in [-0.2, -0.15) is 9.64 Å². The lowest BCUT2D eigenvalue weighted by Crippen LogP contribution is -1.92. The molecule has 1 aromatic heterocycles. The summed E-state index contributed by atoms with van der Waals surface area (Å²) in [7, 11) is 0. The summed E-state index contributed by atoms with van der Waals surface area (Å²) < 4.78 is 10.1. The van der Waals surface area contributed by atoms with Gasteiger partial charge in [-0.15, -0.1) is 0 Å². The van der Waals surface area contributed by atoms with Crippen LogP contribution in [-0.4, -0.2) is 4.37 Å². The predicted octanol–water partition coefficient (Wildman–Crippen LogP) is 3.54. The van der Waals surface area contributed by atoms with Crippen molar-refractivity contribution in [2.24, 2.45) is 0 Å². The van der Waals surface area contributed by atoms with E-state index in [1.165, 1.54) is 11.5 Å². The van der Waals surface area contributed by atoms with E-state index in [2.05, 4.69) is 4.37 Å². The van der Waals surface area contributed by atoms with Crippen molar-refractivity contribution in [3.05, 3.63) is 48.0 Å². The smallest absolute Gasteiger partial charge is 0.208 e. The van der Waals surface area contributed by atoms with Gasteiger partial charge in [0.25, 0.3) is 0 Å². The van der Waals surface area contributed by atoms with Crippen LogP contribution in [0.5, 0.6) is 10.8 Å². The number of benzene rings is 2. The molecule has 0 radical (unpaired) electrons. The summed E-state index contributed by atoms with van der Waals surface area (Å²) in [6.45, 7) is 0. The first-order chi connectivity index (χ1) is 9.28. The first-order valence-corrected chi connectivity index (χ1v) is 6.37. The van der Waals surface area contributed by atoms with Crippen molar-refractivity contribution in [2.45, 2.75) is 0 Å². The second-order valence-corrected chi connectivity index (χ2v) is 4.69. The lowest BCUT2D eigenvalue weighted by Gasteiger charge is -2.06. The minimum atomic E-state index is 0.441. The van der Waals surface area contributed by atoms with Gasteiger partial charge in [-0.1, -0.05) is 12.1 Å². The molecule has 0 spiro atoms. The number of nitrogen functional groups attached to an aromatic ring is 1. The molecule has 4 nitrogen and oxygen atoms in total. The molecular formula is C14H9N3OS. The Balaban J connectivity index is 2.00. The van der Waals surface area contributed by atoms with Crippen LogP contribution in [0.25, 0.3) is 10.9 Å². The zero-order valence-corrected chi connectivity index (χ0v) is 10.6. The lowest BCUT2D eigenvalue weighted by molar-refractivity contribution is 0.504. The highest BCUT2D eigenvalue weighted by molar-refractivity contribution is 7.09. The van der Waals surface area contributed by atoms with Gasteiger partial charge >= 0.3 is 0 Å². The van der Waals surface area contributed by atoms with Crippen molar-refractivity contribution >= 4 is 28.1 Å². The summed E-state index contributed by atoms with van der Waals surface area (Å²) in [6.07, 6.45) is 0. The van der Waals surface area contributed by atoms with Gasteiger partial charge in [-0.25, -0.2) is 0 Å². The van der Waals surface area contributed by atoms with Crippen LogP contribution in [0.3, 0.4) is 0 Å². The SMILES string of the molecule is N#Cc1ccc(Oc2snc3ccccc23)c(N)c1. The average Bonchev–Trinajstić information content (AvgIpc) is 2.84. The number of hydrogen-bond acceptors (Lipinski definition) is 5. The summed E-state index contributed by atoms with van der Waals surface area (Å²) >= 11 is 1.28. The second-order valence-electron chi connectivity index (χ2n) is 3.95. The van der Waals surface area contributed by atoms with Gasteiger partial charge in [-0.3, -0.25) is 0 Å². The summed E-state index contributed by atoms with van der Waals surface area (Å²) in [5, 5.41) is 10.5. The molecule has 92 valence electrons. The van der Waals surface area contributed by atoms with Crippen molar-refractivity contribution in [3.63, 3.8) is 0 Å². The molecule has 1 heterocycles. The zero-order valence-electron chi connectivity index (χ0n) is 9.83. The van der Waals surface area contributed by atoms with E-state index >= 15 is 0 Å². The van der Waals surface area contributed by atoms with E-state index in [9.17, 15) is 0 Å². The first kappa shape index (κ1) is 11.5. The van der Waals surface area contributed by atoms with Gasteiger partial charge in [0.2, 0.25) is 5.06 Å². The number of hydrogen-bond donors (Lipinski definition) is 1. The lowest BCUT2D eigenvalue weighted by atomic mass is 10.2. The fourth-order valence-corrected chi connectivity index (χ4v) is 2.49. The molecule has 0 saturated carbocycles. The van der Waals surface area contributed by atoms with Gasteiger partial charge in [0.15, 0.2) is 5.75 Å². The van der Waals surface area contributed by atoms with E-state index in [0.29, 0.717) is 22.1 Å². The van der Waals surface area contributed by atoms with Crippen molar-refractivity contribution in [3.8, 4) is 16.9 Å². The minimum absolute atomic E-state index is 0.441. The molecule has 0 aliphatic rings. The molecule has 5 heteroatoms. The van der Waals surface area contributed by atoms with E-state index in [0.717, 1.165) is 10.9 Å². The molecule has 2 aromatic carbocycles. The predicted molar refractivity (Wildman–Crippen MR) is 75.3 cm³/mol. The Labute approximate surface area is 113 Å². The van der Waals surface area contributed by atoms with Crippen LogP contribution in [0.2, 0.25) is 0 Å². The first-order valence-electron chi connectivity index (χ1n) is 5.60. The number of anilines is 1. The Kier molecular flexibility index (Phi) is 2.78. The molecule has 3 rings (SSSR count). The highest BCUT2D eigenvalue weighted by atomic mass is 32.1. The van der Waals surface area contributed by atoms with Crippen LogP contribution in [0.4, 0.5) is 5.69 Å². The van der Waals surface area contributed by atoms with Crippen molar-refractivity contribution < 1.29 is 4.74 Å². The Bertz CT molecular complexity index is 789. The van der Waals surface area contributed by atoms with Crippen molar-refractivity contribution in [2.75, 3.05) is 5.73 Å². The van der Waals surface area contributed by atoms with Crippen LogP contribution < -0.4 is 10.5 Å². The number of nitrogens with zero attached hydrogens (tertiary/aromatic N) is 2. The molecule has 2 N–H and O–H groups in total. The van der Waals surface area contributed by atoms with Crippen LogP contribution in [0.15, 0.2) is 42.5 Å². The quantitative estimate of drug-likeness (QED) is 0.721. The molecule has 0 fully saturated rings. The summed E-state index contributed by atoms with van der Waals surface area (Å²) in [4.78, 5) is 0. The number of aromatic nitrogens is 1. The third-order valence-electron chi connectivity index (χ3n) is 2.69. The third kappa shape index (κ3) is 2.09. The Morgan fingerprint density at radius 3 is 2.84 bits per heavy atom. The Morgan fingerprint density at radius 1 is 1.21 bits per heavy atom. The van der Waals surface area contributed by atoms with Gasteiger partial charge in [0.05, 0.1) is 28.2 Å². The van der Waals surface area contributed by atoms with Crippen molar-refractivity contribution in [1.82, 2.24) is 4.37 Å². The maximum Gasteiger partial charge on any atom is 0.208 e. The zero-order chi connectivity index (χ0) is 13.2. The molecule has 0 amide bonds. The average molecular weight is 267 g/mol. The van der Waals surface area contributed by atoms with Gasteiger partial charge in [-0.05, 0) is 30.3 Å². The van der Waals surface area contributed by atoms with E-state index in [1.807, 2.05) is 30.3 Å². The molecule has 0 unspecified atom stereocenters. The van der Waals surface area contributed by atoms with E-state index in [1.54, 1.807) is 18.2 Å². The number of fused-ring (bicyclic) bond motifs is 1. The monoisotopic (exact) mass is 267 g/mol. The number of ether oxygens (including phenoxy) is 1. The van der Waals surface area contributed by atoms with Crippen LogP contribution in [0.1, 0.15) is 5.56 Å². The van der Waals surface area contributed by atoms with Crippen molar-refractivity contribution in [1.29, 1.82) is 5.26 Å². The molecule has 0 aliphatic heterocycles.